The van der Waals surface area contributed by atoms with E-state index >= 15 is 0 Å². The minimum atomic E-state index is -1.07. The molecule has 6 heteroatoms. The summed E-state index contributed by atoms with van der Waals surface area (Å²) < 4.78 is 10.8. The smallest absolute Gasteiger partial charge is 0.375 e. The Kier molecular flexibility index (Phi) is 6.35. The van der Waals surface area contributed by atoms with Crippen LogP contribution in [0.2, 0.25) is 0 Å². The van der Waals surface area contributed by atoms with Gasteiger partial charge in [-0.1, -0.05) is 43.7 Å². The van der Waals surface area contributed by atoms with Crippen LogP contribution in [0.5, 0.6) is 0 Å². The minimum Gasteiger partial charge on any atom is -0.449 e. The Morgan fingerprint density at radius 2 is 1.83 bits per heavy atom. The second-order valence-corrected chi connectivity index (χ2v) is 7.41. The van der Waals surface area contributed by atoms with Crippen molar-refractivity contribution in [2.24, 2.45) is 0 Å². The van der Waals surface area contributed by atoms with Gasteiger partial charge in [0.05, 0.1) is 5.39 Å². The van der Waals surface area contributed by atoms with E-state index in [1.165, 1.54) is 6.92 Å². The molecule has 1 aromatic heterocycles. The van der Waals surface area contributed by atoms with Gasteiger partial charge >= 0.3 is 5.97 Å². The highest BCUT2D eigenvalue weighted by Gasteiger charge is 2.22. The summed E-state index contributed by atoms with van der Waals surface area (Å²) >= 11 is 0. The molecule has 1 N–H and O–H groups in total. The third-order valence-electron chi connectivity index (χ3n) is 5.10. The predicted molar refractivity (Wildman–Crippen MR) is 116 cm³/mol. The van der Waals surface area contributed by atoms with Gasteiger partial charge in [-0.3, -0.25) is 9.59 Å². The van der Waals surface area contributed by atoms with Crippen LogP contribution in [0.1, 0.15) is 54.8 Å². The van der Waals surface area contributed by atoms with Gasteiger partial charge < -0.3 is 14.5 Å². The number of para-hydroxylation sites is 1. The number of carbonyl (C=O) groups is 2. The summed E-state index contributed by atoms with van der Waals surface area (Å²) in [6, 6.07) is 13.7. The Morgan fingerprint density at radius 1 is 1.10 bits per heavy atom. The fourth-order valence-corrected chi connectivity index (χ4v) is 3.14. The van der Waals surface area contributed by atoms with Crippen molar-refractivity contribution in [1.82, 2.24) is 0 Å². The average molecular weight is 407 g/mol. The van der Waals surface area contributed by atoms with Crippen molar-refractivity contribution in [3.63, 3.8) is 0 Å². The summed E-state index contributed by atoms with van der Waals surface area (Å²) in [7, 11) is 0. The normalized spacial score (nSPS) is 12.9. The number of aryl methyl sites for hydroxylation is 1. The Balaban J connectivity index is 1.75. The molecule has 0 bridgehead atoms. The van der Waals surface area contributed by atoms with Gasteiger partial charge in [0, 0.05) is 11.8 Å². The van der Waals surface area contributed by atoms with Gasteiger partial charge in [0.1, 0.15) is 5.58 Å². The molecule has 1 heterocycles. The number of rotatable bonds is 6. The van der Waals surface area contributed by atoms with E-state index in [-0.39, 0.29) is 17.1 Å². The molecule has 0 saturated heterocycles. The monoisotopic (exact) mass is 407 g/mol. The largest absolute Gasteiger partial charge is 0.449 e. The van der Waals surface area contributed by atoms with Gasteiger partial charge in [-0.05, 0) is 49.9 Å². The molecule has 3 aromatic rings. The summed E-state index contributed by atoms with van der Waals surface area (Å²) in [5, 5.41) is 3.21. The summed E-state index contributed by atoms with van der Waals surface area (Å²) in [5.74, 6) is -1.30. The van der Waals surface area contributed by atoms with Crippen molar-refractivity contribution < 1.29 is 18.7 Å². The van der Waals surface area contributed by atoms with E-state index in [9.17, 15) is 14.4 Å². The zero-order valence-corrected chi connectivity index (χ0v) is 17.5. The van der Waals surface area contributed by atoms with Crippen LogP contribution in [0.4, 0.5) is 5.69 Å². The Labute approximate surface area is 174 Å². The SMILES string of the molecule is CC[C@@H](C)c1ccccc1NC(=O)[C@H](C)OC(=O)c1cc(=O)c2cc(C)ccc2o1. The first-order valence-corrected chi connectivity index (χ1v) is 9.95. The van der Waals surface area contributed by atoms with E-state index in [1.54, 1.807) is 18.2 Å². The molecule has 0 saturated carbocycles. The highest BCUT2D eigenvalue weighted by molar-refractivity contribution is 5.97. The number of benzene rings is 2. The maximum atomic E-state index is 12.6. The first-order chi connectivity index (χ1) is 14.3. The lowest BCUT2D eigenvalue weighted by molar-refractivity contribution is -0.123. The molecule has 0 aliphatic rings. The fourth-order valence-electron chi connectivity index (χ4n) is 3.14. The second-order valence-electron chi connectivity index (χ2n) is 7.41. The van der Waals surface area contributed by atoms with Crippen molar-refractivity contribution >= 4 is 28.5 Å². The zero-order valence-electron chi connectivity index (χ0n) is 17.5. The molecule has 2 aromatic carbocycles. The van der Waals surface area contributed by atoms with Crippen LogP contribution in [0, 0.1) is 6.92 Å². The molecule has 6 nitrogen and oxygen atoms in total. The minimum absolute atomic E-state index is 0.240. The maximum absolute atomic E-state index is 12.6. The lowest BCUT2D eigenvalue weighted by Crippen LogP contribution is -2.30. The average Bonchev–Trinajstić information content (AvgIpc) is 2.73. The third-order valence-corrected chi connectivity index (χ3v) is 5.10. The van der Waals surface area contributed by atoms with Gasteiger partial charge in [-0.25, -0.2) is 4.79 Å². The van der Waals surface area contributed by atoms with E-state index < -0.39 is 18.0 Å². The maximum Gasteiger partial charge on any atom is 0.375 e. The highest BCUT2D eigenvalue weighted by Crippen LogP contribution is 2.26. The Morgan fingerprint density at radius 3 is 2.57 bits per heavy atom. The van der Waals surface area contributed by atoms with Crippen molar-refractivity contribution in [3.05, 3.63) is 75.6 Å². The molecule has 0 aliphatic heterocycles. The summed E-state index contributed by atoms with van der Waals surface area (Å²) in [6.07, 6.45) is -0.140. The van der Waals surface area contributed by atoms with Crippen LogP contribution >= 0.6 is 0 Å². The number of ether oxygens (including phenoxy) is 1. The first kappa shape index (κ1) is 21.3. The zero-order chi connectivity index (χ0) is 21.8. The lowest BCUT2D eigenvalue weighted by atomic mass is 9.97. The molecule has 0 fully saturated rings. The highest BCUT2D eigenvalue weighted by atomic mass is 16.6. The van der Waals surface area contributed by atoms with Crippen molar-refractivity contribution in [2.75, 3.05) is 5.32 Å². The number of esters is 1. The second kappa shape index (κ2) is 8.95. The molecule has 2 atom stereocenters. The van der Waals surface area contributed by atoms with Crippen LogP contribution in [0.15, 0.2) is 57.7 Å². The molecule has 156 valence electrons. The van der Waals surface area contributed by atoms with Gasteiger partial charge in [-0.2, -0.15) is 0 Å². The number of hydrogen-bond acceptors (Lipinski definition) is 5. The molecule has 30 heavy (non-hydrogen) atoms. The quantitative estimate of drug-likeness (QED) is 0.593. The number of carbonyl (C=O) groups excluding carboxylic acids is 2. The number of hydrogen-bond donors (Lipinski definition) is 1. The molecule has 1 amide bonds. The first-order valence-electron chi connectivity index (χ1n) is 9.95. The lowest BCUT2D eigenvalue weighted by Gasteiger charge is -2.18. The molecule has 0 radical (unpaired) electrons. The Hall–Kier alpha value is -3.41. The standard InChI is InChI=1S/C24H25NO5/c1-5-15(3)17-8-6-7-9-19(17)25-23(27)16(4)29-24(28)22-13-20(26)18-12-14(2)10-11-21(18)30-22/h6-13,15-16H,5H2,1-4H3,(H,25,27)/t15-,16+/m1/s1. The van der Waals surface area contributed by atoms with Crippen molar-refractivity contribution in [1.29, 1.82) is 0 Å². The Bertz CT molecular complexity index is 1150. The topological polar surface area (TPSA) is 85.6 Å². The van der Waals surface area contributed by atoms with Crippen LogP contribution in [-0.2, 0) is 9.53 Å². The van der Waals surface area contributed by atoms with Gasteiger partial charge in [0.25, 0.3) is 5.91 Å². The van der Waals surface area contributed by atoms with Crippen LogP contribution in [0.3, 0.4) is 0 Å². The number of fused-ring (bicyclic) bond motifs is 1. The third kappa shape index (κ3) is 4.59. The number of nitrogens with one attached hydrogen (secondary N) is 1. The van der Waals surface area contributed by atoms with E-state index in [0.717, 1.165) is 23.6 Å². The predicted octanol–water partition coefficient (Wildman–Crippen LogP) is 4.80. The number of amides is 1. The molecule has 0 aliphatic carbocycles. The molecule has 3 rings (SSSR count). The van der Waals surface area contributed by atoms with Crippen LogP contribution in [0.25, 0.3) is 11.0 Å². The molecular formula is C24H25NO5. The van der Waals surface area contributed by atoms with E-state index in [1.807, 2.05) is 31.2 Å². The van der Waals surface area contributed by atoms with Crippen LogP contribution in [-0.4, -0.2) is 18.0 Å². The molecule has 0 spiro atoms. The van der Waals surface area contributed by atoms with Crippen LogP contribution < -0.4 is 10.7 Å². The van der Waals surface area contributed by atoms with Gasteiger partial charge in [0.15, 0.2) is 11.5 Å². The molecular weight excluding hydrogens is 382 g/mol. The summed E-state index contributed by atoms with van der Waals surface area (Å²) in [5.41, 5.74) is 2.56. The van der Waals surface area contributed by atoms with Gasteiger partial charge in [0.2, 0.25) is 5.76 Å². The van der Waals surface area contributed by atoms with E-state index in [0.29, 0.717) is 16.7 Å². The summed E-state index contributed by atoms with van der Waals surface area (Å²) in [6.45, 7) is 7.49. The van der Waals surface area contributed by atoms with Crippen molar-refractivity contribution in [3.8, 4) is 0 Å². The van der Waals surface area contributed by atoms with E-state index in [2.05, 4.69) is 19.2 Å². The molecule has 0 unspecified atom stereocenters. The van der Waals surface area contributed by atoms with Crippen molar-refractivity contribution in [2.45, 2.75) is 46.1 Å². The van der Waals surface area contributed by atoms with Gasteiger partial charge in [-0.15, -0.1) is 0 Å². The van der Waals surface area contributed by atoms with E-state index in [4.69, 9.17) is 9.15 Å². The summed E-state index contributed by atoms with van der Waals surface area (Å²) in [4.78, 5) is 37.3. The fraction of sp³-hybridized carbons (Fsp3) is 0.292. The number of anilines is 1.